The number of thioether (sulfide) groups is 1. The number of benzene rings is 3. The first-order chi connectivity index (χ1) is 19.9. The Morgan fingerprint density at radius 1 is 1.07 bits per heavy atom. The van der Waals surface area contributed by atoms with Gasteiger partial charge in [-0.25, -0.2) is 9.67 Å². The first kappa shape index (κ1) is 29.4. The SMILES string of the molecule is Cc1cccc(N2/C(=C/N=C/c3ccc(-c4ncn(-c5ccc(OC(F)(F)F)cc5)n4)cc3)SCC2(C)O)c1C(C)C. The molecule has 0 aliphatic carbocycles. The molecule has 0 saturated carbocycles. The Balaban J connectivity index is 1.30. The van der Waals surface area contributed by atoms with Crippen LogP contribution in [-0.4, -0.2) is 43.9 Å². The van der Waals surface area contributed by atoms with Gasteiger partial charge >= 0.3 is 6.36 Å². The van der Waals surface area contributed by atoms with Crippen LogP contribution in [0.25, 0.3) is 17.1 Å². The van der Waals surface area contributed by atoms with E-state index in [2.05, 4.69) is 46.6 Å². The molecule has 11 heteroatoms. The molecule has 1 unspecified atom stereocenters. The topological polar surface area (TPSA) is 75.8 Å². The molecule has 1 saturated heterocycles. The number of aryl methyl sites for hydroxylation is 1. The molecule has 5 rings (SSSR count). The highest BCUT2D eigenvalue weighted by Crippen LogP contribution is 2.45. The van der Waals surface area contributed by atoms with Crippen molar-refractivity contribution >= 4 is 23.7 Å². The van der Waals surface area contributed by atoms with Crippen molar-refractivity contribution in [1.29, 1.82) is 0 Å². The van der Waals surface area contributed by atoms with Crippen molar-refractivity contribution in [3.63, 3.8) is 0 Å². The number of ether oxygens (including phenoxy) is 1. The van der Waals surface area contributed by atoms with Gasteiger partial charge in [0.15, 0.2) is 5.82 Å². The van der Waals surface area contributed by atoms with Crippen molar-refractivity contribution in [2.75, 3.05) is 10.7 Å². The lowest BCUT2D eigenvalue weighted by atomic mass is 9.94. The largest absolute Gasteiger partial charge is 0.573 e. The molecule has 0 amide bonds. The van der Waals surface area contributed by atoms with Gasteiger partial charge in [-0.2, -0.15) is 0 Å². The fourth-order valence-electron chi connectivity index (χ4n) is 4.89. The van der Waals surface area contributed by atoms with Gasteiger partial charge in [-0.1, -0.05) is 50.2 Å². The summed E-state index contributed by atoms with van der Waals surface area (Å²) in [5, 5.41) is 16.5. The zero-order valence-electron chi connectivity index (χ0n) is 23.5. The second-order valence-electron chi connectivity index (χ2n) is 10.4. The van der Waals surface area contributed by atoms with E-state index in [4.69, 9.17) is 0 Å². The molecule has 7 nitrogen and oxygen atoms in total. The van der Waals surface area contributed by atoms with Crippen molar-refractivity contribution < 1.29 is 23.0 Å². The summed E-state index contributed by atoms with van der Waals surface area (Å²) in [5.41, 5.74) is 4.53. The number of aliphatic imine (C=N–C) groups is 1. The average molecular weight is 594 g/mol. The molecule has 1 atom stereocenters. The van der Waals surface area contributed by atoms with E-state index in [0.717, 1.165) is 21.8 Å². The fourth-order valence-corrected chi connectivity index (χ4v) is 6.00. The van der Waals surface area contributed by atoms with E-state index >= 15 is 0 Å². The molecule has 1 N–H and O–H groups in total. The van der Waals surface area contributed by atoms with Crippen LogP contribution in [0.5, 0.6) is 5.75 Å². The van der Waals surface area contributed by atoms with Crippen molar-refractivity contribution in [3.05, 3.63) is 101 Å². The van der Waals surface area contributed by atoms with E-state index in [1.54, 1.807) is 24.2 Å². The Bertz CT molecular complexity index is 1610. The summed E-state index contributed by atoms with van der Waals surface area (Å²) in [6, 6.07) is 19.1. The van der Waals surface area contributed by atoms with Crippen LogP contribution in [0.3, 0.4) is 0 Å². The number of aliphatic hydroxyl groups is 1. The molecule has 1 aromatic heterocycles. The zero-order chi connectivity index (χ0) is 30.1. The maximum Gasteiger partial charge on any atom is 0.573 e. The molecule has 42 heavy (non-hydrogen) atoms. The quantitative estimate of drug-likeness (QED) is 0.225. The van der Waals surface area contributed by atoms with E-state index in [1.807, 2.05) is 48.2 Å². The van der Waals surface area contributed by atoms with Gasteiger partial charge in [0, 0.05) is 23.2 Å². The van der Waals surface area contributed by atoms with E-state index in [9.17, 15) is 18.3 Å². The van der Waals surface area contributed by atoms with E-state index in [0.29, 0.717) is 23.2 Å². The predicted molar refractivity (Wildman–Crippen MR) is 160 cm³/mol. The predicted octanol–water partition coefficient (Wildman–Crippen LogP) is 7.44. The number of anilines is 1. The normalized spacial score (nSPS) is 18.5. The van der Waals surface area contributed by atoms with Crippen molar-refractivity contribution in [2.45, 2.75) is 45.7 Å². The highest BCUT2D eigenvalue weighted by Gasteiger charge is 2.40. The third-order valence-electron chi connectivity index (χ3n) is 6.72. The minimum absolute atomic E-state index is 0.296. The van der Waals surface area contributed by atoms with Gasteiger partial charge < -0.3 is 14.7 Å². The van der Waals surface area contributed by atoms with E-state index in [1.165, 1.54) is 46.4 Å². The van der Waals surface area contributed by atoms with Gasteiger partial charge in [0.2, 0.25) is 0 Å². The molecule has 3 aromatic carbocycles. The average Bonchev–Trinajstić information content (AvgIpc) is 3.53. The molecule has 218 valence electrons. The monoisotopic (exact) mass is 593 g/mol. The molecule has 1 aliphatic heterocycles. The molecule has 1 fully saturated rings. The van der Waals surface area contributed by atoms with Gasteiger partial charge in [-0.15, -0.1) is 30.0 Å². The van der Waals surface area contributed by atoms with Gasteiger partial charge in [0.05, 0.1) is 16.9 Å². The molecular weight excluding hydrogens is 563 g/mol. The number of halogens is 3. The Kier molecular flexibility index (Phi) is 8.16. The van der Waals surface area contributed by atoms with Crippen LogP contribution in [0.4, 0.5) is 18.9 Å². The standard InChI is InChI=1S/C31H30F3N5O2S/c1-20(2)28-21(3)6-5-7-26(28)39-27(42-18-30(39,4)40)17-35-16-22-8-10-23(11-9-22)29-36-19-38(37-29)24-12-14-25(15-13-24)41-31(32,33)34/h5-17,19-20,40H,18H2,1-4H3/b27-17-,35-16+. The van der Waals surface area contributed by atoms with Gasteiger partial charge in [-0.3, -0.25) is 4.99 Å². The lowest BCUT2D eigenvalue weighted by Gasteiger charge is -2.34. The molecule has 4 aromatic rings. The van der Waals surface area contributed by atoms with Crippen molar-refractivity contribution in [1.82, 2.24) is 14.8 Å². The van der Waals surface area contributed by atoms with Crippen LogP contribution < -0.4 is 9.64 Å². The van der Waals surface area contributed by atoms with Gasteiger partial charge in [-0.05, 0) is 66.8 Å². The summed E-state index contributed by atoms with van der Waals surface area (Å²) in [6.07, 6.45) is 0.278. The van der Waals surface area contributed by atoms with Gasteiger partial charge in [0.25, 0.3) is 0 Å². The van der Waals surface area contributed by atoms with Crippen LogP contribution in [0.2, 0.25) is 0 Å². The first-order valence-electron chi connectivity index (χ1n) is 13.3. The molecule has 1 aliphatic rings. The maximum atomic E-state index is 12.4. The van der Waals surface area contributed by atoms with Crippen molar-refractivity contribution in [2.24, 2.45) is 4.99 Å². The second kappa shape index (κ2) is 11.7. The van der Waals surface area contributed by atoms with Crippen LogP contribution in [-0.2, 0) is 0 Å². The third kappa shape index (κ3) is 6.52. The molecule has 0 spiro atoms. The van der Waals surface area contributed by atoms with Crippen molar-refractivity contribution in [3.8, 4) is 22.8 Å². The fraction of sp³-hybridized carbons (Fsp3) is 0.258. The molecule has 0 bridgehead atoms. The van der Waals surface area contributed by atoms with Crippen LogP contribution in [0, 0.1) is 6.92 Å². The minimum Gasteiger partial charge on any atom is -0.406 e. The highest BCUT2D eigenvalue weighted by atomic mass is 32.2. The van der Waals surface area contributed by atoms with E-state index < -0.39 is 12.1 Å². The molecule has 2 heterocycles. The Morgan fingerprint density at radius 3 is 2.45 bits per heavy atom. The van der Waals surface area contributed by atoms with Crippen LogP contribution in [0.15, 0.2) is 89.3 Å². The lowest BCUT2D eigenvalue weighted by Crippen LogP contribution is -2.42. The number of hydrogen-bond acceptors (Lipinski definition) is 7. The van der Waals surface area contributed by atoms with Crippen LogP contribution >= 0.6 is 11.8 Å². The molecular formula is C31H30F3N5O2S. The van der Waals surface area contributed by atoms with Gasteiger partial charge in [0.1, 0.15) is 17.8 Å². The Morgan fingerprint density at radius 2 is 1.79 bits per heavy atom. The summed E-state index contributed by atoms with van der Waals surface area (Å²) < 4.78 is 42.6. The summed E-state index contributed by atoms with van der Waals surface area (Å²) in [4.78, 5) is 10.9. The molecule has 0 radical (unpaired) electrons. The number of aromatic nitrogens is 3. The zero-order valence-corrected chi connectivity index (χ0v) is 24.3. The Labute approximate surface area is 246 Å². The summed E-state index contributed by atoms with van der Waals surface area (Å²) in [7, 11) is 0. The summed E-state index contributed by atoms with van der Waals surface area (Å²) >= 11 is 1.56. The summed E-state index contributed by atoms with van der Waals surface area (Å²) in [6.45, 7) is 8.23. The second-order valence-corrected chi connectivity index (χ2v) is 11.4. The lowest BCUT2D eigenvalue weighted by molar-refractivity contribution is -0.274. The Hall–Kier alpha value is -4.09. The number of nitrogens with zero attached hydrogens (tertiary/aromatic N) is 5. The number of hydrogen-bond donors (Lipinski definition) is 1. The smallest absolute Gasteiger partial charge is 0.406 e. The third-order valence-corrected chi connectivity index (χ3v) is 7.99. The summed E-state index contributed by atoms with van der Waals surface area (Å²) in [5.74, 6) is 0.986. The maximum absolute atomic E-state index is 12.4. The number of rotatable bonds is 7. The first-order valence-corrected chi connectivity index (χ1v) is 14.3. The van der Waals surface area contributed by atoms with E-state index in [-0.39, 0.29) is 5.75 Å². The highest BCUT2D eigenvalue weighted by molar-refractivity contribution is 8.03. The number of alkyl halides is 3. The van der Waals surface area contributed by atoms with Crippen LogP contribution in [0.1, 0.15) is 43.4 Å². The minimum atomic E-state index is -4.74.